The highest BCUT2D eigenvalue weighted by Crippen LogP contribution is 2.62. The van der Waals surface area contributed by atoms with Gasteiger partial charge in [-0.1, -0.05) is 164 Å². The Morgan fingerprint density at radius 3 is 1.84 bits per heavy atom. The maximum absolute atomic E-state index is 7.02. The van der Waals surface area contributed by atoms with Crippen molar-refractivity contribution >= 4 is 10.8 Å². The van der Waals surface area contributed by atoms with Crippen LogP contribution in [0.3, 0.4) is 0 Å². The van der Waals surface area contributed by atoms with E-state index in [9.17, 15) is 0 Å². The Kier molecular flexibility index (Phi) is 7.04. The third kappa shape index (κ3) is 4.85. The Morgan fingerprint density at radius 1 is 0.400 bits per heavy atom. The van der Waals surface area contributed by atoms with E-state index in [1.165, 1.54) is 16.7 Å². The van der Waals surface area contributed by atoms with Gasteiger partial charge in [-0.15, -0.1) is 0 Å². The number of hydrogen-bond donors (Lipinski definition) is 0. The first-order valence-electron chi connectivity index (χ1n) is 18.6. The van der Waals surface area contributed by atoms with Crippen LogP contribution < -0.4 is 9.47 Å². The first-order valence-corrected chi connectivity index (χ1v) is 18.6. The van der Waals surface area contributed by atoms with Crippen molar-refractivity contribution in [1.29, 1.82) is 0 Å². The minimum Gasteiger partial charge on any atom is -0.449 e. The monoisotopic (exact) mass is 704 g/mol. The zero-order valence-electron chi connectivity index (χ0n) is 29.7. The van der Waals surface area contributed by atoms with Crippen molar-refractivity contribution in [1.82, 2.24) is 9.97 Å². The zero-order valence-corrected chi connectivity index (χ0v) is 29.7. The van der Waals surface area contributed by atoms with Crippen LogP contribution in [0.4, 0.5) is 0 Å². The van der Waals surface area contributed by atoms with E-state index < -0.39 is 5.41 Å². The van der Waals surface area contributed by atoms with E-state index in [2.05, 4.69) is 164 Å². The van der Waals surface area contributed by atoms with Gasteiger partial charge in [-0.3, -0.25) is 0 Å². The lowest BCUT2D eigenvalue weighted by atomic mass is 9.68. The van der Waals surface area contributed by atoms with Crippen molar-refractivity contribution in [2.24, 2.45) is 0 Å². The molecule has 0 spiro atoms. The highest BCUT2D eigenvalue weighted by atomic mass is 16.6. The smallest absolute Gasteiger partial charge is 0.178 e. The van der Waals surface area contributed by atoms with Gasteiger partial charge in [0.1, 0.15) is 0 Å². The molecule has 0 amide bonds. The molecule has 9 aromatic rings. The highest BCUT2D eigenvalue weighted by Gasteiger charge is 2.48. The fraction of sp³-hybridized carbons (Fsp3) is 0.0196. The SMILES string of the molecule is c1ccc(-c2nc(-c3ccc4c(c3)Oc3c(ccc5c3-c3ccccc3C5(c3ccccc3)c3ccccc3)O4)cc(-c3cccc4ccccc34)n2)cc1. The molecule has 8 aromatic carbocycles. The second-order valence-corrected chi connectivity index (χ2v) is 14.1. The largest absolute Gasteiger partial charge is 0.449 e. The van der Waals surface area contributed by atoms with Crippen molar-refractivity contribution in [3.8, 4) is 68.0 Å². The topological polar surface area (TPSA) is 44.2 Å². The number of rotatable bonds is 5. The molecular weight excluding hydrogens is 673 g/mol. The van der Waals surface area contributed by atoms with E-state index >= 15 is 0 Å². The lowest BCUT2D eigenvalue weighted by Crippen LogP contribution is -2.28. The summed E-state index contributed by atoms with van der Waals surface area (Å²) in [5.41, 5.74) is 11.0. The fourth-order valence-electron chi connectivity index (χ4n) is 8.62. The van der Waals surface area contributed by atoms with E-state index in [0.717, 1.165) is 55.5 Å². The molecule has 4 nitrogen and oxygen atoms in total. The molecule has 0 N–H and O–H groups in total. The molecule has 0 fully saturated rings. The summed E-state index contributed by atoms with van der Waals surface area (Å²) < 4.78 is 13.7. The van der Waals surface area contributed by atoms with Crippen LogP contribution in [0.5, 0.6) is 23.0 Å². The van der Waals surface area contributed by atoms with Crippen LogP contribution in [0.25, 0.3) is 55.8 Å². The van der Waals surface area contributed by atoms with Gasteiger partial charge in [0.25, 0.3) is 0 Å². The van der Waals surface area contributed by atoms with E-state index in [-0.39, 0.29) is 0 Å². The Morgan fingerprint density at radius 2 is 1.04 bits per heavy atom. The van der Waals surface area contributed by atoms with Gasteiger partial charge in [0.2, 0.25) is 0 Å². The van der Waals surface area contributed by atoms with Gasteiger partial charge in [-0.25, -0.2) is 9.97 Å². The van der Waals surface area contributed by atoms with Crippen LogP contribution in [-0.4, -0.2) is 9.97 Å². The summed E-state index contributed by atoms with van der Waals surface area (Å²) in [4.78, 5) is 10.3. The maximum atomic E-state index is 7.02. The standard InChI is InChI=1S/C51H32N2O2/c1-4-16-34(17-5-1)50-52-43(32-44(53-50)39-25-14-18-33-15-10-11-23-38(33)39)35-27-29-45-47(31-35)55-49-46(54-45)30-28-42-48(49)40-24-12-13-26-41(40)51(42,36-19-6-2-7-20-36)37-21-8-3-9-22-37/h1-32H. The molecule has 0 unspecified atom stereocenters. The first kappa shape index (κ1) is 31.2. The van der Waals surface area contributed by atoms with Crippen LogP contribution in [-0.2, 0) is 5.41 Å². The van der Waals surface area contributed by atoms with E-state index in [4.69, 9.17) is 19.4 Å². The molecule has 1 aromatic heterocycles. The molecule has 1 aliphatic carbocycles. The first-order chi connectivity index (χ1) is 27.3. The Balaban J connectivity index is 1.08. The average molecular weight is 705 g/mol. The van der Waals surface area contributed by atoms with Gasteiger partial charge in [-0.2, -0.15) is 0 Å². The van der Waals surface area contributed by atoms with Gasteiger partial charge in [-0.05, 0) is 68.9 Å². The number of aromatic nitrogens is 2. The quantitative estimate of drug-likeness (QED) is 0.179. The number of hydrogen-bond acceptors (Lipinski definition) is 4. The highest BCUT2D eigenvalue weighted by molar-refractivity contribution is 5.97. The van der Waals surface area contributed by atoms with Crippen LogP contribution in [0.1, 0.15) is 22.3 Å². The summed E-state index contributed by atoms with van der Waals surface area (Å²) in [6.07, 6.45) is 0. The molecule has 0 radical (unpaired) electrons. The molecular formula is C51H32N2O2. The zero-order chi connectivity index (χ0) is 36.3. The Labute approximate surface area is 319 Å². The van der Waals surface area contributed by atoms with E-state index in [0.29, 0.717) is 28.8 Å². The molecule has 55 heavy (non-hydrogen) atoms. The van der Waals surface area contributed by atoms with Gasteiger partial charge in [0.15, 0.2) is 28.8 Å². The van der Waals surface area contributed by atoms with Crippen LogP contribution >= 0.6 is 0 Å². The van der Waals surface area contributed by atoms with Crippen molar-refractivity contribution < 1.29 is 9.47 Å². The molecule has 2 heterocycles. The van der Waals surface area contributed by atoms with Gasteiger partial charge < -0.3 is 9.47 Å². The summed E-state index contributed by atoms with van der Waals surface area (Å²) in [6, 6.07) is 67.6. The lowest BCUT2D eigenvalue weighted by Gasteiger charge is -2.34. The summed E-state index contributed by atoms with van der Waals surface area (Å²) >= 11 is 0. The van der Waals surface area contributed by atoms with Gasteiger partial charge in [0, 0.05) is 22.3 Å². The van der Waals surface area contributed by atoms with Crippen molar-refractivity contribution in [2.45, 2.75) is 5.41 Å². The van der Waals surface area contributed by atoms with Crippen molar-refractivity contribution in [3.63, 3.8) is 0 Å². The molecule has 1 aliphatic heterocycles. The molecule has 0 bridgehead atoms. The van der Waals surface area contributed by atoms with Gasteiger partial charge >= 0.3 is 0 Å². The number of fused-ring (bicyclic) bond motifs is 7. The number of benzene rings is 8. The van der Waals surface area contributed by atoms with Crippen molar-refractivity contribution in [3.05, 3.63) is 216 Å². The molecule has 2 aliphatic rings. The minimum absolute atomic E-state index is 0.540. The van der Waals surface area contributed by atoms with Gasteiger partial charge in [0.05, 0.1) is 16.8 Å². The third-order valence-electron chi connectivity index (χ3n) is 11.0. The maximum Gasteiger partial charge on any atom is 0.178 e. The van der Waals surface area contributed by atoms with E-state index in [1.54, 1.807) is 0 Å². The summed E-state index contributed by atoms with van der Waals surface area (Å²) in [5.74, 6) is 3.37. The van der Waals surface area contributed by atoms with Crippen LogP contribution in [0, 0.1) is 0 Å². The molecule has 0 atom stereocenters. The summed E-state index contributed by atoms with van der Waals surface area (Å²) in [5, 5.41) is 2.31. The predicted octanol–water partition coefficient (Wildman–Crippen LogP) is 12.9. The van der Waals surface area contributed by atoms with Crippen LogP contribution in [0.2, 0.25) is 0 Å². The second kappa shape index (κ2) is 12.4. The molecule has 4 heteroatoms. The van der Waals surface area contributed by atoms with E-state index in [1.807, 2.05) is 30.3 Å². The normalized spacial score (nSPS) is 13.2. The fourth-order valence-corrected chi connectivity index (χ4v) is 8.62. The molecule has 258 valence electrons. The average Bonchev–Trinajstić information content (AvgIpc) is 3.57. The second-order valence-electron chi connectivity index (χ2n) is 14.1. The Bertz CT molecular complexity index is 2880. The third-order valence-corrected chi connectivity index (χ3v) is 11.0. The Hall–Kier alpha value is -7.30. The molecule has 11 rings (SSSR count). The summed E-state index contributed by atoms with van der Waals surface area (Å²) in [6.45, 7) is 0. The predicted molar refractivity (Wildman–Crippen MR) is 220 cm³/mol. The van der Waals surface area contributed by atoms with Crippen molar-refractivity contribution in [2.75, 3.05) is 0 Å². The molecule has 0 saturated carbocycles. The summed E-state index contributed by atoms with van der Waals surface area (Å²) in [7, 11) is 0. The molecule has 0 saturated heterocycles. The number of nitrogens with zero attached hydrogens (tertiary/aromatic N) is 2. The number of ether oxygens (including phenoxy) is 2. The van der Waals surface area contributed by atoms with Crippen LogP contribution in [0.15, 0.2) is 194 Å². The minimum atomic E-state index is -0.540. The lowest BCUT2D eigenvalue weighted by molar-refractivity contribution is 0.360.